The first-order valence-electron chi connectivity index (χ1n) is 10.8. The number of para-hydroxylation sites is 1. The Bertz CT molecular complexity index is 1350. The predicted octanol–water partition coefficient (Wildman–Crippen LogP) is 3.03. The molecule has 1 amide bonds. The van der Waals surface area contributed by atoms with Gasteiger partial charge in [-0.25, -0.2) is 12.8 Å². The van der Waals surface area contributed by atoms with Gasteiger partial charge in [-0.1, -0.05) is 17.4 Å². The van der Waals surface area contributed by atoms with Gasteiger partial charge in [-0.2, -0.15) is 9.30 Å². The first-order valence-corrected chi connectivity index (χ1v) is 13.1. The number of rotatable bonds is 7. The zero-order valence-corrected chi connectivity index (χ0v) is 20.6. The highest BCUT2D eigenvalue weighted by atomic mass is 32.2. The van der Waals surface area contributed by atoms with E-state index in [-0.39, 0.29) is 11.4 Å². The molecule has 0 saturated carbocycles. The van der Waals surface area contributed by atoms with Crippen molar-refractivity contribution in [3.63, 3.8) is 0 Å². The predicted molar refractivity (Wildman–Crippen MR) is 127 cm³/mol. The molecule has 1 aliphatic heterocycles. The van der Waals surface area contributed by atoms with Crippen molar-refractivity contribution in [3.8, 4) is 5.75 Å². The summed E-state index contributed by atoms with van der Waals surface area (Å²) in [6.07, 6.45) is 1.08. The molecule has 8 nitrogen and oxygen atoms in total. The number of piperidine rings is 1. The number of ether oxygens (including phenoxy) is 2. The number of amides is 1. The van der Waals surface area contributed by atoms with Gasteiger partial charge in [0, 0.05) is 26.7 Å². The molecule has 11 heteroatoms. The Morgan fingerprint density at radius 3 is 2.68 bits per heavy atom. The van der Waals surface area contributed by atoms with Gasteiger partial charge in [0.1, 0.15) is 11.6 Å². The monoisotopic (exact) mass is 507 g/mol. The number of halogens is 1. The van der Waals surface area contributed by atoms with Crippen LogP contribution in [0.2, 0.25) is 0 Å². The maximum Gasteiger partial charge on any atom is 0.252 e. The van der Waals surface area contributed by atoms with Crippen molar-refractivity contribution in [2.75, 3.05) is 33.9 Å². The minimum absolute atomic E-state index is 0.0496. The molecule has 0 spiro atoms. The van der Waals surface area contributed by atoms with Gasteiger partial charge < -0.3 is 14.0 Å². The molecule has 182 valence electrons. The number of carbonyl (C=O) groups excluding carboxylic acids is 1. The molecule has 1 aliphatic rings. The minimum Gasteiger partial charge on any atom is -0.497 e. The molecule has 1 fully saturated rings. The number of carbonyl (C=O) groups is 1. The van der Waals surface area contributed by atoms with Crippen molar-refractivity contribution in [2.45, 2.75) is 24.3 Å². The van der Waals surface area contributed by atoms with Gasteiger partial charge in [0.05, 0.1) is 34.7 Å². The van der Waals surface area contributed by atoms with Crippen LogP contribution in [0.1, 0.15) is 12.8 Å². The summed E-state index contributed by atoms with van der Waals surface area (Å²) in [6, 6.07) is 10.9. The van der Waals surface area contributed by atoms with Crippen LogP contribution in [-0.4, -0.2) is 57.1 Å². The van der Waals surface area contributed by atoms with Gasteiger partial charge in [0.2, 0.25) is 10.0 Å². The Hall–Kier alpha value is -2.60. The second-order valence-corrected chi connectivity index (χ2v) is 10.9. The third kappa shape index (κ3) is 4.92. The fourth-order valence-corrected chi connectivity index (χ4v) is 6.61. The largest absolute Gasteiger partial charge is 0.497 e. The summed E-state index contributed by atoms with van der Waals surface area (Å²) in [6.45, 7) is 1.05. The lowest BCUT2D eigenvalue weighted by Crippen LogP contribution is -2.42. The standard InChI is InChI=1S/C23H26FN3O5S2/c1-31-14-13-27-21-19(24)6-3-7-20(21)33-23(27)25-22(28)16-5-4-12-26(15-16)34(29,30)18-10-8-17(32-2)9-11-18/h3,6-11,16H,4-5,12-15H2,1-2H3. The van der Waals surface area contributed by atoms with Crippen LogP contribution in [0.25, 0.3) is 10.2 Å². The molecule has 0 bridgehead atoms. The fourth-order valence-electron chi connectivity index (χ4n) is 4.01. The fraction of sp³-hybridized carbons (Fsp3) is 0.391. The van der Waals surface area contributed by atoms with Crippen LogP contribution < -0.4 is 9.54 Å². The molecule has 0 aliphatic carbocycles. The average molecular weight is 508 g/mol. The molecular weight excluding hydrogens is 481 g/mol. The van der Waals surface area contributed by atoms with E-state index < -0.39 is 27.7 Å². The highest BCUT2D eigenvalue weighted by Crippen LogP contribution is 2.26. The van der Waals surface area contributed by atoms with E-state index in [0.717, 1.165) is 0 Å². The lowest BCUT2D eigenvalue weighted by atomic mass is 9.99. The number of hydrogen-bond acceptors (Lipinski definition) is 6. The van der Waals surface area contributed by atoms with Crippen molar-refractivity contribution >= 4 is 37.5 Å². The van der Waals surface area contributed by atoms with Gasteiger partial charge in [0.25, 0.3) is 5.91 Å². The van der Waals surface area contributed by atoms with Crippen molar-refractivity contribution in [3.05, 3.63) is 53.1 Å². The van der Waals surface area contributed by atoms with Crippen molar-refractivity contribution in [1.82, 2.24) is 8.87 Å². The molecule has 2 heterocycles. The Kier molecular flexibility index (Phi) is 7.46. The molecular formula is C23H26FN3O5S2. The van der Waals surface area contributed by atoms with Crippen LogP contribution in [0.15, 0.2) is 52.4 Å². The third-order valence-electron chi connectivity index (χ3n) is 5.81. The van der Waals surface area contributed by atoms with Crippen LogP contribution in [0, 0.1) is 11.7 Å². The number of benzene rings is 2. The zero-order valence-electron chi connectivity index (χ0n) is 18.9. The molecule has 2 aromatic carbocycles. The molecule has 1 atom stereocenters. The highest BCUT2D eigenvalue weighted by molar-refractivity contribution is 7.89. The second-order valence-electron chi connectivity index (χ2n) is 7.94. The number of fused-ring (bicyclic) bond motifs is 1. The minimum atomic E-state index is -3.76. The number of nitrogens with zero attached hydrogens (tertiary/aromatic N) is 3. The zero-order chi connectivity index (χ0) is 24.3. The van der Waals surface area contributed by atoms with Crippen molar-refractivity contribution < 1.29 is 27.1 Å². The summed E-state index contributed by atoms with van der Waals surface area (Å²) in [5.74, 6) is -0.820. The summed E-state index contributed by atoms with van der Waals surface area (Å²) in [5, 5.41) is 0. The van der Waals surface area contributed by atoms with E-state index in [2.05, 4.69) is 4.99 Å². The second kappa shape index (κ2) is 10.3. The van der Waals surface area contributed by atoms with Crippen molar-refractivity contribution in [2.24, 2.45) is 10.9 Å². The average Bonchev–Trinajstić information content (AvgIpc) is 3.20. The molecule has 4 rings (SSSR count). The van der Waals surface area contributed by atoms with Gasteiger partial charge in [-0.15, -0.1) is 0 Å². The SMILES string of the molecule is COCCn1c(=NC(=O)C2CCCN(S(=O)(=O)c3ccc(OC)cc3)C2)sc2cccc(F)c21. The van der Waals surface area contributed by atoms with Crippen LogP contribution in [0.3, 0.4) is 0 Å². The number of aromatic nitrogens is 1. The Morgan fingerprint density at radius 2 is 1.97 bits per heavy atom. The van der Waals surface area contributed by atoms with Crippen LogP contribution >= 0.6 is 11.3 Å². The normalized spacial score (nSPS) is 17.9. The topological polar surface area (TPSA) is 90.2 Å². The lowest BCUT2D eigenvalue weighted by Gasteiger charge is -2.30. The van der Waals surface area contributed by atoms with E-state index in [1.165, 1.54) is 41.0 Å². The molecule has 0 N–H and O–H groups in total. The van der Waals surface area contributed by atoms with Crippen LogP contribution in [0.5, 0.6) is 5.75 Å². The maximum atomic E-state index is 14.5. The summed E-state index contributed by atoms with van der Waals surface area (Å²) in [4.78, 5) is 17.9. The van der Waals surface area contributed by atoms with Crippen LogP contribution in [-0.2, 0) is 26.1 Å². The van der Waals surface area contributed by atoms with E-state index >= 15 is 0 Å². The highest BCUT2D eigenvalue weighted by Gasteiger charge is 2.33. The van der Waals surface area contributed by atoms with E-state index in [9.17, 15) is 17.6 Å². The number of methoxy groups -OCH3 is 2. The molecule has 0 radical (unpaired) electrons. The summed E-state index contributed by atoms with van der Waals surface area (Å²) in [7, 11) is -0.697. The number of thiazole rings is 1. The molecule has 1 aromatic heterocycles. The Balaban J connectivity index is 1.61. The molecule has 3 aromatic rings. The van der Waals surface area contributed by atoms with Crippen molar-refractivity contribution in [1.29, 1.82) is 0 Å². The van der Waals surface area contributed by atoms with Gasteiger partial charge in [-0.05, 0) is 49.2 Å². The third-order valence-corrected chi connectivity index (χ3v) is 8.73. The quantitative estimate of drug-likeness (QED) is 0.490. The summed E-state index contributed by atoms with van der Waals surface area (Å²) in [5.41, 5.74) is 0.378. The van der Waals surface area contributed by atoms with Crippen LogP contribution in [0.4, 0.5) is 4.39 Å². The Morgan fingerprint density at radius 1 is 1.21 bits per heavy atom. The lowest BCUT2D eigenvalue weighted by molar-refractivity contribution is -0.122. The van der Waals surface area contributed by atoms with Gasteiger partial charge in [0.15, 0.2) is 4.80 Å². The molecule has 1 unspecified atom stereocenters. The molecule has 34 heavy (non-hydrogen) atoms. The van der Waals surface area contributed by atoms with E-state index in [1.54, 1.807) is 35.9 Å². The first-order chi connectivity index (χ1) is 16.3. The maximum absolute atomic E-state index is 14.5. The van der Waals surface area contributed by atoms with E-state index in [4.69, 9.17) is 9.47 Å². The summed E-state index contributed by atoms with van der Waals surface area (Å²) >= 11 is 1.22. The Labute approximate surface area is 201 Å². The summed E-state index contributed by atoms with van der Waals surface area (Å²) < 4.78 is 54.7. The molecule has 1 saturated heterocycles. The number of sulfonamides is 1. The van der Waals surface area contributed by atoms with Gasteiger partial charge in [-0.3, -0.25) is 4.79 Å². The van der Waals surface area contributed by atoms with Gasteiger partial charge >= 0.3 is 0 Å². The van der Waals surface area contributed by atoms with E-state index in [0.29, 0.717) is 53.3 Å². The first kappa shape index (κ1) is 24.5. The number of hydrogen-bond donors (Lipinski definition) is 0. The smallest absolute Gasteiger partial charge is 0.252 e. The van der Waals surface area contributed by atoms with E-state index in [1.807, 2.05) is 0 Å².